The van der Waals surface area contributed by atoms with Gasteiger partial charge in [0.05, 0.1) is 25.4 Å². The van der Waals surface area contributed by atoms with Gasteiger partial charge in [-0.15, -0.1) is 0 Å². The van der Waals surface area contributed by atoms with Crippen LogP contribution in [0.25, 0.3) is 0 Å². The molecular formula is C16H34O4. The van der Waals surface area contributed by atoms with E-state index in [4.69, 9.17) is 0 Å². The molecule has 0 saturated heterocycles. The average Bonchev–Trinajstić information content (AvgIpc) is 2.47. The van der Waals surface area contributed by atoms with E-state index >= 15 is 0 Å². The summed E-state index contributed by atoms with van der Waals surface area (Å²) in [4.78, 5) is 0. The normalized spacial score (nSPS) is 21.0. The van der Waals surface area contributed by atoms with Crippen molar-refractivity contribution in [1.82, 2.24) is 0 Å². The summed E-state index contributed by atoms with van der Waals surface area (Å²) in [5.41, 5.74) is -1.41. The maximum atomic E-state index is 10.6. The molecule has 0 aromatic heterocycles. The Balaban J connectivity index is 5.17. The Morgan fingerprint density at radius 3 is 1.80 bits per heavy atom. The van der Waals surface area contributed by atoms with Gasteiger partial charge in [-0.2, -0.15) is 0 Å². The van der Waals surface area contributed by atoms with Crippen LogP contribution < -0.4 is 0 Å². The molecule has 0 aliphatic carbocycles. The predicted octanol–water partition coefficient (Wildman–Crippen LogP) is 2.09. The van der Waals surface area contributed by atoms with Crippen LogP contribution in [0.15, 0.2) is 0 Å². The Hall–Kier alpha value is -0.160. The van der Waals surface area contributed by atoms with Crippen molar-refractivity contribution in [1.29, 1.82) is 0 Å². The molecule has 0 bridgehead atoms. The number of hydrogen-bond donors (Lipinski definition) is 4. The van der Waals surface area contributed by atoms with Crippen molar-refractivity contribution in [2.45, 2.75) is 78.4 Å². The number of aliphatic hydroxyl groups excluding tert-OH is 4. The van der Waals surface area contributed by atoms with Gasteiger partial charge in [-0.25, -0.2) is 0 Å². The third-order valence-electron chi connectivity index (χ3n) is 4.87. The molecule has 0 heterocycles. The van der Waals surface area contributed by atoms with Gasteiger partial charge < -0.3 is 20.4 Å². The second-order valence-electron chi connectivity index (χ2n) is 6.43. The van der Waals surface area contributed by atoms with Gasteiger partial charge in [-0.3, -0.25) is 0 Å². The first-order valence-corrected chi connectivity index (χ1v) is 7.95. The SMILES string of the molecule is CCCCC(CC)(CO)C(O)C(O)C(C)(CO)CCC. The molecule has 4 heteroatoms. The molecule has 4 unspecified atom stereocenters. The lowest BCUT2D eigenvalue weighted by Crippen LogP contribution is -2.53. The van der Waals surface area contributed by atoms with Crippen LogP contribution in [0.4, 0.5) is 0 Å². The molecule has 0 aromatic carbocycles. The lowest BCUT2D eigenvalue weighted by Gasteiger charge is -2.44. The van der Waals surface area contributed by atoms with Crippen molar-refractivity contribution < 1.29 is 20.4 Å². The van der Waals surface area contributed by atoms with Gasteiger partial charge >= 0.3 is 0 Å². The smallest absolute Gasteiger partial charge is 0.0883 e. The Morgan fingerprint density at radius 2 is 1.45 bits per heavy atom. The average molecular weight is 290 g/mol. The number of unbranched alkanes of at least 4 members (excludes halogenated alkanes) is 1. The second-order valence-corrected chi connectivity index (χ2v) is 6.43. The second kappa shape index (κ2) is 8.98. The maximum Gasteiger partial charge on any atom is 0.0883 e. The zero-order valence-electron chi connectivity index (χ0n) is 13.6. The molecule has 0 fully saturated rings. The van der Waals surface area contributed by atoms with Crippen LogP contribution in [-0.4, -0.2) is 45.8 Å². The summed E-state index contributed by atoms with van der Waals surface area (Å²) >= 11 is 0. The molecule has 0 aliphatic heterocycles. The van der Waals surface area contributed by atoms with Crippen molar-refractivity contribution in [3.8, 4) is 0 Å². The fourth-order valence-electron chi connectivity index (χ4n) is 2.95. The quantitative estimate of drug-likeness (QED) is 0.470. The fraction of sp³-hybridized carbons (Fsp3) is 1.00. The largest absolute Gasteiger partial charge is 0.396 e. The lowest BCUT2D eigenvalue weighted by molar-refractivity contribution is -0.145. The van der Waals surface area contributed by atoms with E-state index in [1.165, 1.54) is 0 Å². The van der Waals surface area contributed by atoms with Crippen molar-refractivity contribution in [3.63, 3.8) is 0 Å². The highest BCUT2D eigenvalue weighted by atomic mass is 16.3. The number of hydrogen-bond acceptors (Lipinski definition) is 4. The van der Waals surface area contributed by atoms with Crippen LogP contribution in [0.2, 0.25) is 0 Å². The Bertz CT molecular complexity index is 253. The van der Waals surface area contributed by atoms with E-state index in [0.717, 1.165) is 19.3 Å². The molecule has 0 rings (SSSR count). The van der Waals surface area contributed by atoms with E-state index in [1.54, 1.807) is 6.92 Å². The molecule has 0 aromatic rings. The zero-order valence-corrected chi connectivity index (χ0v) is 13.6. The third-order valence-corrected chi connectivity index (χ3v) is 4.87. The van der Waals surface area contributed by atoms with Crippen LogP contribution in [0.3, 0.4) is 0 Å². The van der Waals surface area contributed by atoms with E-state index in [-0.39, 0.29) is 13.2 Å². The standard InChI is InChI=1S/C16H34O4/c1-5-8-10-16(7-3,12-18)14(20)13(19)15(4,11-17)9-6-2/h13-14,17-20H,5-12H2,1-4H3. The summed E-state index contributed by atoms with van der Waals surface area (Å²) in [6.45, 7) is 7.46. The van der Waals surface area contributed by atoms with Gasteiger partial charge in [0, 0.05) is 10.8 Å². The molecule has 4 atom stereocenters. The molecule has 0 aliphatic rings. The monoisotopic (exact) mass is 290 g/mol. The van der Waals surface area contributed by atoms with E-state index in [1.807, 2.05) is 13.8 Å². The van der Waals surface area contributed by atoms with E-state index < -0.39 is 23.0 Å². The van der Waals surface area contributed by atoms with E-state index in [2.05, 4.69) is 6.92 Å². The summed E-state index contributed by atoms with van der Waals surface area (Å²) in [5.74, 6) is 0. The first kappa shape index (κ1) is 19.8. The molecule has 0 radical (unpaired) electrons. The van der Waals surface area contributed by atoms with Crippen LogP contribution in [0, 0.1) is 10.8 Å². The summed E-state index contributed by atoms with van der Waals surface area (Å²) in [7, 11) is 0. The van der Waals surface area contributed by atoms with Crippen LogP contribution in [0.1, 0.15) is 66.2 Å². The third kappa shape index (κ3) is 4.42. The summed E-state index contributed by atoms with van der Waals surface area (Å²) < 4.78 is 0. The molecule has 4 nitrogen and oxygen atoms in total. The van der Waals surface area contributed by atoms with Crippen molar-refractivity contribution >= 4 is 0 Å². The Kier molecular flexibility index (Phi) is 8.91. The van der Waals surface area contributed by atoms with Gasteiger partial charge in [0.25, 0.3) is 0 Å². The van der Waals surface area contributed by atoms with Crippen molar-refractivity contribution in [2.24, 2.45) is 10.8 Å². The van der Waals surface area contributed by atoms with Crippen LogP contribution in [-0.2, 0) is 0 Å². The van der Waals surface area contributed by atoms with Crippen LogP contribution in [0.5, 0.6) is 0 Å². The summed E-state index contributed by atoms with van der Waals surface area (Å²) in [6.07, 6.45) is 2.59. The molecule has 20 heavy (non-hydrogen) atoms. The van der Waals surface area contributed by atoms with Gasteiger partial charge in [0.15, 0.2) is 0 Å². The first-order chi connectivity index (χ1) is 9.37. The van der Waals surface area contributed by atoms with E-state index in [9.17, 15) is 20.4 Å². The molecule has 122 valence electrons. The van der Waals surface area contributed by atoms with Gasteiger partial charge in [0.2, 0.25) is 0 Å². The highest BCUT2D eigenvalue weighted by molar-refractivity contribution is 4.95. The van der Waals surface area contributed by atoms with Crippen molar-refractivity contribution in [3.05, 3.63) is 0 Å². The lowest BCUT2D eigenvalue weighted by atomic mass is 9.67. The minimum absolute atomic E-state index is 0.143. The highest BCUT2D eigenvalue weighted by Gasteiger charge is 2.46. The molecule has 4 N–H and O–H groups in total. The Labute approximate surface area is 123 Å². The van der Waals surface area contributed by atoms with Gasteiger partial charge in [0.1, 0.15) is 0 Å². The Morgan fingerprint density at radius 1 is 0.850 bits per heavy atom. The summed E-state index contributed by atoms with van der Waals surface area (Å²) in [5, 5.41) is 40.5. The highest BCUT2D eigenvalue weighted by Crippen LogP contribution is 2.40. The minimum Gasteiger partial charge on any atom is -0.396 e. The number of rotatable bonds is 11. The minimum atomic E-state index is -1.03. The molecule has 0 amide bonds. The van der Waals surface area contributed by atoms with Gasteiger partial charge in [-0.05, 0) is 19.3 Å². The van der Waals surface area contributed by atoms with E-state index in [0.29, 0.717) is 19.3 Å². The molecule has 0 saturated carbocycles. The van der Waals surface area contributed by atoms with Gasteiger partial charge in [-0.1, -0.05) is 47.0 Å². The van der Waals surface area contributed by atoms with Crippen LogP contribution >= 0.6 is 0 Å². The van der Waals surface area contributed by atoms with Crippen molar-refractivity contribution in [2.75, 3.05) is 13.2 Å². The first-order valence-electron chi connectivity index (χ1n) is 7.95. The number of aliphatic hydroxyl groups is 4. The fourth-order valence-corrected chi connectivity index (χ4v) is 2.95. The molecule has 0 spiro atoms. The maximum absolute atomic E-state index is 10.6. The molecular weight excluding hydrogens is 256 g/mol. The zero-order chi connectivity index (χ0) is 15.8. The predicted molar refractivity (Wildman–Crippen MR) is 81.4 cm³/mol. The topological polar surface area (TPSA) is 80.9 Å². The summed E-state index contributed by atoms with van der Waals surface area (Å²) in [6, 6.07) is 0.